The molecule has 6 heteroatoms. The van der Waals surface area contributed by atoms with Gasteiger partial charge in [-0.15, -0.1) is 21.5 Å². The standard InChI is InChI=1S/C18H18N4OS/c1-22-11-19-21-17(22)12-5-4-6-13(9-12)20-18(23)15-10-24-16-8-3-2-7-14(15)16/h4-6,9-11H,2-3,7-8H2,1H3,(H,20,23). The van der Waals surface area contributed by atoms with Gasteiger partial charge in [-0.05, 0) is 43.4 Å². The number of amides is 1. The third-order valence-electron chi connectivity index (χ3n) is 4.40. The highest BCUT2D eigenvalue weighted by Crippen LogP contribution is 2.31. The van der Waals surface area contributed by atoms with Crippen molar-refractivity contribution in [3.8, 4) is 11.4 Å². The van der Waals surface area contributed by atoms with E-state index in [4.69, 9.17) is 0 Å². The van der Waals surface area contributed by atoms with E-state index in [1.54, 1.807) is 17.7 Å². The Morgan fingerprint density at radius 3 is 3.00 bits per heavy atom. The number of benzene rings is 1. The van der Waals surface area contributed by atoms with Crippen LogP contribution < -0.4 is 5.32 Å². The minimum atomic E-state index is -0.0236. The smallest absolute Gasteiger partial charge is 0.256 e. The molecule has 122 valence electrons. The zero-order valence-corrected chi connectivity index (χ0v) is 14.3. The summed E-state index contributed by atoms with van der Waals surface area (Å²) in [5.74, 6) is 0.753. The van der Waals surface area contributed by atoms with Gasteiger partial charge in [0.25, 0.3) is 5.91 Å². The number of hydrogen-bond donors (Lipinski definition) is 1. The number of fused-ring (bicyclic) bond motifs is 1. The number of aromatic nitrogens is 3. The second-order valence-corrected chi connectivity index (χ2v) is 7.02. The molecule has 24 heavy (non-hydrogen) atoms. The zero-order chi connectivity index (χ0) is 16.5. The molecule has 5 nitrogen and oxygen atoms in total. The Hall–Kier alpha value is -2.47. The maximum absolute atomic E-state index is 12.7. The number of aryl methyl sites for hydroxylation is 2. The van der Waals surface area contributed by atoms with Gasteiger partial charge >= 0.3 is 0 Å². The van der Waals surface area contributed by atoms with Crippen LogP contribution >= 0.6 is 11.3 Å². The fraction of sp³-hybridized carbons (Fsp3) is 0.278. The summed E-state index contributed by atoms with van der Waals surface area (Å²) in [5.41, 5.74) is 3.78. The van der Waals surface area contributed by atoms with E-state index in [0.29, 0.717) is 0 Å². The lowest BCUT2D eigenvalue weighted by atomic mass is 9.95. The van der Waals surface area contributed by atoms with E-state index in [0.717, 1.165) is 35.5 Å². The highest BCUT2D eigenvalue weighted by atomic mass is 32.1. The van der Waals surface area contributed by atoms with Crippen molar-refractivity contribution in [1.29, 1.82) is 0 Å². The summed E-state index contributed by atoms with van der Waals surface area (Å²) in [7, 11) is 1.90. The molecule has 0 fully saturated rings. The Bertz CT molecular complexity index is 896. The number of nitrogens with one attached hydrogen (secondary N) is 1. The molecule has 0 saturated heterocycles. The molecule has 0 unspecified atom stereocenters. The zero-order valence-electron chi connectivity index (χ0n) is 13.5. The van der Waals surface area contributed by atoms with Crippen LogP contribution in [0, 0.1) is 0 Å². The van der Waals surface area contributed by atoms with Gasteiger partial charge in [0.1, 0.15) is 6.33 Å². The predicted octanol–water partition coefficient (Wildman–Crippen LogP) is 3.67. The van der Waals surface area contributed by atoms with Crippen LogP contribution in [0.4, 0.5) is 5.69 Å². The fourth-order valence-electron chi connectivity index (χ4n) is 3.16. The van der Waals surface area contributed by atoms with Crippen LogP contribution in [-0.4, -0.2) is 20.7 Å². The highest BCUT2D eigenvalue weighted by molar-refractivity contribution is 7.10. The van der Waals surface area contributed by atoms with Gasteiger partial charge < -0.3 is 9.88 Å². The number of carbonyl (C=O) groups excluding carboxylic acids is 1. The molecular weight excluding hydrogens is 320 g/mol. The Balaban J connectivity index is 1.58. The van der Waals surface area contributed by atoms with Gasteiger partial charge in [0, 0.05) is 28.6 Å². The number of thiophene rings is 1. The van der Waals surface area contributed by atoms with Gasteiger partial charge in [-0.25, -0.2) is 0 Å². The molecule has 4 rings (SSSR count). The van der Waals surface area contributed by atoms with Gasteiger partial charge in [-0.1, -0.05) is 12.1 Å². The third-order valence-corrected chi connectivity index (χ3v) is 5.48. The summed E-state index contributed by atoms with van der Waals surface area (Å²) in [6, 6.07) is 7.71. The molecule has 1 aliphatic rings. The van der Waals surface area contributed by atoms with Crippen LogP contribution in [-0.2, 0) is 19.9 Å². The van der Waals surface area contributed by atoms with Crippen molar-refractivity contribution in [2.24, 2.45) is 7.05 Å². The molecular formula is C18H18N4OS. The van der Waals surface area contributed by atoms with E-state index in [9.17, 15) is 4.79 Å². The Morgan fingerprint density at radius 2 is 2.17 bits per heavy atom. The summed E-state index contributed by atoms with van der Waals surface area (Å²) in [5, 5.41) is 13.0. The molecule has 1 amide bonds. The van der Waals surface area contributed by atoms with E-state index in [2.05, 4.69) is 15.5 Å². The van der Waals surface area contributed by atoms with Gasteiger partial charge in [0.05, 0.1) is 5.56 Å². The largest absolute Gasteiger partial charge is 0.322 e. The second-order valence-electron chi connectivity index (χ2n) is 6.06. The van der Waals surface area contributed by atoms with Gasteiger partial charge in [0.15, 0.2) is 5.82 Å². The molecule has 0 atom stereocenters. The quantitative estimate of drug-likeness (QED) is 0.792. The monoisotopic (exact) mass is 338 g/mol. The van der Waals surface area contributed by atoms with Crippen molar-refractivity contribution >= 4 is 22.9 Å². The maximum atomic E-state index is 12.7. The van der Waals surface area contributed by atoms with Crippen molar-refractivity contribution < 1.29 is 4.79 Å². The van der Waals surface area contributed by atoms with Crippen LogP contribution in [0.25, 0.3) is 11.4 Å². The summed E-state index contributed by atoms with van der Waals surface area (Å²) in [6.45, 7) is 0. The van der Waals surface area contributed by atoms with E-state index in [1.807, 2.05) is 41.3 Å². The predicted molar refractivity (Wildman–Crippen MR) is 95.4 cm³/mol. The molecule has 1 aliphatic carbocycles. The first-order valence-corrected chi connectivity index (χ1v) is 8.95. The molecule has 1 aromatic carbocycles. The average Bonchev–Trinajstić information content (AvgIpc) is 3.21. The van der Waals surface area contributed by atoms with Crippen molar-refractivity contribution in [2.75, 3.05) is 5.32 Å². The minimum absolute atomic E-state index is 0.0236. The first-order chi connectivity index (χ1) is 11.7. The minimum Gasteiger partial charge on any atom is -0.322 e. The van der Waals surface area contributed by atoms with Gasteiger partial charge in [-0.2, -0.15) is 0 Å². The normalized spacial score (nSPS) is 13.5. The number of anilines is 1. The Kier molecular flexibility index (Phi) is 3.90. The van der Waals surface area contributed by atoms with Crippen molar-refractivity contribution in [3.05, 3.63) is 52.0 Å². The number of nitrogens with zero attached hydrogens (tertiary/aromatic N) is 3. The maximum Gasteiger partial charge on any atom is 0.256 e. The van der Waals surface area contributed by atoms with Crippen LogP contribution in [0.2, 0.25) is 0 Å². The van der Waals surface area contributed by atoms with Crippen molar-refractivity contribution in [1.82, 2.24) is 14.8 Å². The molecule has 0 spiro atoms. The van der Waals surface area contributed by atoms with E-state index in [-0.39, 0.29) is 5.91 Å². The molecule has 0 bridgehead atoms. The summed E-state index contributed by atoms with van der Waals surface area (Å²) >= 11 is 1.71. The molecule has 0 radical (unpaired) electrons. The lowest BCUT2D eigenvalue weighted by Crippen LogP contribution is -2.14. The Morgan fingerprint density at radius 1 is 1.29 bits per heavy atom. The lowest BCUT2D eigenvalue weighted by molar-refractivity contribution is 0.102. The molecule has 2 heterocycles. The topological polar surface area (TPSA) is 59.8 Å². The molecule has 2 aromatic heterocycles. The Labute approximate surface area is 144 Å². The fourth-order valence-corrected chi connectivity index (χ4v) is 4.29. The third kappa shape index (κ3) is 2.73. The van der Waals surface area contributed by atoms with Crippen LogP contribution in [0.15, 0.2) is 36.0 Å². The first kappa shape index (κ1) is 15.1. The molecule has 3 aromatic rings. The number of rotatable bonds is 3. The number of carbonyl (C=O) groups is 1. The summed E-state index contributed by atoms with van der Waals surface area (Å²) < 4.78 is 1.86. The van der Waals surface area contributed by atoms with E-state index < -0.39 is 0 Å². The highest BCUT2D eigenvalue weighted by Gasteiger charge is 2.20. The van der Waals surface area contributed by atoms with Gasteiger partial charge in [0.2, 0.25) is 0 Å². The van der Waals surface area contributed by atoms with Crippen molar-refractivity contribution in [2.45, 2.75) is 25.7 Å². The first-order valence-electron chi connectivity index (χ1n) is 8.07. The van der Waals surface area contributed by atoms with Crippen molar-refractivity contribution in [3.63, 3.8) is 0 Å². The molecule has 1 N–H and O–H groups in total. The number of hydrogen-bond acceptors (Lipinski definition) is 4. The van der Waals surface area contributed by atoms with E-state index >= 15 is 0 Å². The second kappa shape index (κ2) is 6.20. The summed E-state index contributed by atoms with van der Waals surface area (Å²) in [4.78, 5) is 14.0. The van der Waals surface area contributed by atoms with Crippen LogP contribution in [0.1, 0.15) is 33.6 Å². The average molecular weight is 338 g/mol. The lowest BCUT2D eigenvalue weighted by Gasteiger charge is -2.13. The molecule has 0 saturated carbocycles. The SMILES string of the molecule is Cn1cnnc1-c1cccc(NC(=O)c2csc3c2CCCC3)c1. The molecule has 0 aliphatic heterocycles. The van der Waals surface area contributed by atoms with Gasteiger partial charge in [-0.3, -0.25) is 4.79 Å². The van der Waals surface area contributed by atoms with Crippen LogP contribution in [0.5, 0.6) is 0 Å². The van der Waals surface area contributed by atoms with Crippen LogP contribution in [0.3, 0.4) is 0 Å². The summed E-state index contributed by atoms with van der Waals surface area (Å²) in [6.07, 6.45) is 6.19. The van der Waals surface area contributed by atoms with E-state index in [1.165, 1.54) is 23.3 Å².